The number of carbonyl (C=O) groups is 1. The second kappa shape index (κ2) is 12.6. The largest absolute Gasteiger partial charge is 0.386 e. The first kappa shape index (κ1) is 33.0. The minimum Gasteiger partial charge on any atom is -0.382 e. The van der Waals surface area contributed by atoms with E-state index in [1.807, 2.05) is 0 Å². The number of amides is 1. The number of hydrogen-bond donors (Lipinski definition) is 6. The van der Waals surface area contributed by atoms with Gasteiger partial charge < -0.3 is 40.4 Å². The van der Waals surface area contributed by atoms with E-state index in [9.17, 15) is 18.8 Å². The van der Waals surface area contributed by atoms with Crippen LogP contribution < -0.4 is 17.2 Å². The predicted molar refractivity (Wildman–Crippen MR) is 168 cm³/mol. The van der Waals surface area contributed by atoms with Crippen LogP contribution in [-0.4, -0.2) is 77.4 Å². The predicted octanol–water partition coefficient (Wildman–Crippen LogP) is 2.46. The lowest BCUT2D eigenvalue weighted by atomic mass is 9.70. The van der Waals surface area contributed by atoms with Crippen LogP contribution in [0.4, 0.5) is 16.2 Å². The fourth-order valence-corrected chi connectivity index (χ4v) is 7.47. The molecule has 0 radical (unpaired) electrons. The lowest BCUT2D eigenvalue weighted by Crippen LogP contribution is -2.43. The van der Waals surface area contributed by atoms with Gasteiger partial charge in [-0.25, -0.2) is 23.2 Å². The van der Waals surface area contributed by atoms with Crippen molar-refractivity contribution in [1.29, 1.82) is 0 Å². The zero-order valence-corrected chi connectivity index (χ0v) is 27.2. The molecule has 1 saturated carbocycles. The van der Waals surface area contributed by atoms with E-state index in [1.54, 1.807) is 16.7 Å². The molecule has 18 nitrogen and oxygen atoms in total. The summed E-state index contributed by atoms with van der Waals surface area (Å²) in [5.74, 6) is -1.42. The van der Waals surface area contributed by atoms with Gasteiger partial charge in [-0.2, -0.15) is 9.97 Å². The van der Waals surface area contributed by atoms with Crippen LogP contribution in [0.15, 0.2) is 24.5 Å². The second-order valence-corrected chi connectivity index (χ2v) is 16.5. The number of carbonyl (C=O) groups excluding carboxylic acids is 1. The van der Waals surface area contributed by atoms with Gasteiger partial charge in [0.2, 0.25) is 5.95 Å². The summed E-state index contributed by atoms with van der Waals surface area (Å²) in [6.45, 7) is -8.74. The standard InChI is InChI=1S/C23H29FN10O8P2S2/c24-14-5-11(42-22(14)34-15-3-1-2-12(20(26)35)17(15)31-32-34)7-40-44(38,46)41-8-13-10(6-39-43(36,37)45)4-16(13)33-9-28-18-19(25)29-23(27)30-21(18)33/h1-3,9-11,13-14,16,22H,4-8H2,(H2,26,35)(H,38,46)(H2,36,37,45)(H4,25,27,29,30)/t10-,11+,13-,14+,16-,22-,44?/m1/s1. The first-order chi connectivity index (χ1) is 21.7. The first-order valence-corrected chi connectivity index (χ1v) is 19.1. The molecule has 2 fully saturated rings. The highest BCUT2D eigenvalue weighted by molar-refractivity contribution is 8.44. The third-order valence-electron chi connectivity index (χ3n) is 7.92. The van der Waals surface area contributed by atoms with E-state index < -0.39 is 43.9 Å². The minimum atomic E-state index is -4.07. The number of nitrogens with zero attached hydrogens (tertiary/aromatic N) is 7. The quantitative estimate of drug-likeness (QED) is 0.0908. The summed E-state index contributed by atoms with van der Waals surface area (Å²) >= 11 is 7.65. The van der Waals surface area contributed by atoms with E-state index >= 15 is 4.39 Å². The summed E-state index contributed by atoms with van der Waals surface area (Å²) in [6, 6.07) is 4.31. The van der Waals surface area contributed by atoms with Crippen LogP contribution in [-0.2, 0) is 27.4 Å². The summed E-state index contributed by atoms with van der Waals surface area (Å²) < 4.78 is 64.8. The van der Waals surface area contributed by atoms with Crippen molar-refractivity contribution in [3.8, 4) is 0 Å². The van der Waals surface area contributed by atoms with Gasteiger partial charge in [-0.15, -0.1) is 5.10 Å². The van der Waals surface area contributed by atoms with Gasteiger partial charge in [0.05, 0.1) is 43.3 Å². The maximum Gasteiger partial charge on any atom is 0.386 e. The lowest BCUT2D eigenvalue weighted by molar-refractivity contribution is -0.0409. The number of nitrogen functional groups attached to an aromatic ring is 2. The molecular formula is C23H29FN10O8P2S2. The van der Waals surface area contributed by atoms with Crippen molar-refractivity contribution in [3.63, 3.8) is 0 Å². The molecule has 1 amide bonds. The van der Waals surface area contributed by atoms with E-state index in [0.29, 0.717) is 23.1 Å². The molecule has 46 heavy (non-hydrogen) atoms. The van der Waals surface area contributed by atoms with E-state index in [1.165, 1.54) is 17.1 Å². The smallest absolute Gasteiger partial charge is 0.382 e. The highest BCUT2D eigenvalue weighted by atomic mass is 32.7. The van der Waals surface area contributed by atoms with E-state index in [2.05, 4.69) is 49.8 Å². The summed E-state index contributed by atoms with van der Waals surface area (Å²) in [5.41, 5.74) is 18.5. The molecule has 2 unspecified atom stereocenters. The normalized spacial score (nSPS) is 27.4. The summed E-state index contributed by atoms with van der Waals surface area (Å²) in [6.07, 6.45) is -1.73. The molecule has 8 atom stereocenters. The number of nitrogens with two attached hydrogens (primary N) is 3. The Hall–Kier alpha value is -2.87. The minimum absolute atomic E-state index is 0.0531. The van der Waals surface area contributed by atoms with Crippen molar-refractivity contribution in [1.82, 2.24) is 34.5 Å². The number of primary amides is 1. The van der Waals surface area contributed by atoms with Gasteiger partial charge in [0.1, 0.15) is 17.2 Å². The first-order valence-electron chi connectivity index (χ1n) is 13.7. The highest BCUT2D eigenvalue weighted by Crippen LogP contribution is 2.57. The Morgan fingerprint density at radius 3 is 2.61 bits per heavy atom. The van der Waals surface area contributed by atoms with E-state index in [4.69, 9.17) is 35.5 Å². The Morgan fingerprint density at radius 2 is 1.87 bits per heavy atom. The van der Waals surface area contributed by atoms with Gasteiger partial charge in [0, 0.05) is 18.4 Å². The molecule has 1 aromatic carbocycles. The SMILES string of the molecule is NC(=O)c1cccc2c1nnn2[C@@H]1O[C@H](COP(=O)(S)OC[C@@H]2[C@@H](COP(=O)(O)S)C[C@H]2n2cnc3c(N)nc(N)nc32)C[C@@H]1F. The average molecular weight is 719 g/mol. The molecule has 1 aliphatic carbocycles. The summed E-state index contributed by atoms with van der Waals surface area (Å²) in [4.78, 5) is 33.7. The summed E-state index contributed by atoms with van der Waals surface area (Å²) in [7, 11) is 0. The van der Waals surface area contributed by atoms with Crippen LogP contribution in [0, 0.1) is 11.8 Å². The van der Waals surface area contributed by atoms with Gasteiger partial charge in [-0.3, -0.25) is 9.32 Å². The number of hydrogen-bond acceptors (Lipinski definition) is 14. The molecule has 4 aromatic rings. The third-order valence-corrected chi connectivity index (χ3v) is 10.4. The van der Waals surface area contributed by atoms with Gasteiger partial charge in [-0.05, 0) is 24.5 Å². The van der Waals surface area contributed by atoms with Gasteiger partial charge >= 0.3 is 13.6 Å². The van der Waals surface area contributed by atoms with Crippen molar-refractivity contribution in [3.05, 3.63) is 30.1 Å². The number of anilines is 2. The van der Waals surface area contributed by atoms with Crippen molar-refractivity contribution in [2.75, 3.05) is 31.3 Å². The molecule has 0 bridgehead atoms. The number of ether oxygens (including phenoxy) is 1. The number of halogens is 1. The second-order valence-electron chi connectivity index (χ2n) is 10.8. The average Bonchev–Trinajstić information content (AvgIpc) is 3.67. The Labute approximate surface area is 269 Å². The molecule has 3 aromatic heterocycles. The summed E-state index contributed by atoms with van der Waals surface area (Å²) in [5, 5.41) is 7.91. The van der Waals surface area contributed by atoms with Crippen molar-refractivity contribution in [2.24, 2.45) is 17.6 Å². The topological polar surface area (TPSA) is 261 Å². The number of aromatic nitrogens is 7. The molecule has 23 heteroatoms. The molecule has 7 N–H and O–H groups in total. The molecule has 1 saturated heterocycles. The van der Waals surface area contributed by atoms with Gasteiger partial charge in [0.25, 0.3) is 5.91 Å². The molecule has 6 rings (SSSR count). The molecule has 1 aliphatic heterocycles. The number of imidazole rings is 1. The number of thiol groups is 2. The maximum atomic E-state index is 15.1. The zero-order chi connectivity index (χ0) is 33.0. The van der Waals surface area contributed by atoms with Crippen molar-refractivity contribution < 1.29 is 41.5 Å². The lowest BCUT2D eigenvalue weighted by Gasteiger charge is -2.45. The molecule has 248 valence electrons. The molecule has 2 aliphatic rings. The fraction of sp³-hybridized carbons (Fsp3) is 0.478. The Morgan fingerprint density at radius 1 is 1.11 bits per heavy atom. The number of fused-ring (bicyclic) bond motifs is 2. The Kier molecular flexibility index (Phi) is 9.07. The number of rotatable bonds is 12. The van der Waals surface area contributed by atoms with Crippen LogP contribution in [0.25, 0.3) is 22.2 Å². The Balaban J connectivity index is 1.11. The van der Waals surface area contributed by atoms with Gasteiger partial charge in [0.15, 0.2) is 17.7 Å². The van der Waals surface area contributed by atoms with Crippen molar-refractivity contribution >= 4 is 78.0 Å². The Bertz CT molecular complexity index is 1890. The number of alkyl halides is 1. The third kappa shape index (κ3) is 6.74. The molecule has 4 heterocycles. The van der Waals surface area contributed by atoms with Crippen LogP contribution in [0.3, 0.4) is 0 Å². The highest BCUT2D eigenvalue weighted by Gasteiger charge is 2.45. The van der Waals surface area contributed by atoms with Gasteiger partial charge in [-0.1, -0.05) is 35.8 Å². The van der Waals surface area contributed by atoms with E-state index in [0.717, 1.165) is 0 Å². The van der Waals surface area contributed by atoms with E-state index in [-0.39, 0.29) is 61.0 Å². The zero-order valence-electron chi connectivity index (χ0n) is 23.6. The molecular weight excluding hydrogens is 689 g/mol. The molecule has 0 spiro atoms. The van der Waals surface area contributed by atoms with Crippen LogP contribution >= 0.6 is 38.1 Å². The monoisotopic (exact) mass is 718 g/mol. The van der Waals surface area contributed by atoms with Crippen LogP contribution in [0.2, 0.25) is 0 Å². The van der Waals surface area contributed by atoms with Crippen LogP contribution in [0.1, 0.15) is 35.5 Å². The van der Waals surface area contributed by atoms with Crippen molar-refractivity contribution in [2.45, 2.75) is 37.4 Å². The number of benzene rings is 1. The van der Waals surface area contributed by atoms with Crippen LogP contribution in [0.5, 0.6) is 0 Å². The maximum absolute atomic E-state index is 15.1. The fourth-order valence-electron chi connectivity index (χ4n) is 5.70.